The Kier molecular flexibility index (Phi) is 7.40. The van der Waals surface area contributed by atoms with Gasteiger partial charge in [0.25, 0.3) is 0 Å². The first-order chi connectivity index (χ1) is 11.8. The summed E-state index contributed by atoms with van der Waals surface area (Å²) in [6.45, 7) is 0. The molecular formula is C23H18FeO. The monoisotopic (exact) mass is 366 g/mol. The van der Waals surface area contributed by atoms with Crippen LogP contribution in [0.4, 0.5) is 0 Å². The van der Waals surface area contributed by atoms with E-state index in [1.54, 1.807) is 12.2 Å². The average Bonchev–Trinajstić information content (AvgIpc) is 3.36. The molecular weight excluding hydrogens is 348 g/mol. The van der Waals surface area contributed by atoms with Crippen LogP contribution in [0.25, 0.3) is 16.8 Å². The summed E-state index contributed by atoms with van der Waals surface area (Å²) in [5, 5.41) is 2.35. The SMILES string of the molecule is O=C(/C=C/c1cccc2ccccc12)C1=CC[C-]=C1.[C-]1=CC=CC1.[Fe+2]. The van der Waals surface area contributed by atoms with Gasteiger partial charge in [-0.25, -0.2) is 18.2 Å². The molecule has 0 saturated carbocycles. The van der Waals surface area contributed by atoms with E-state index in [-0.39, 0.29) is 22.9 Å². The van der Waals surface area contributed by atoms with E-state index < -0.39 is 0 Å². The van der Waals surface area contributed by atoms with Crippen LogP contribution in [0.3, 0.4) is 0 Å². The maximum Gasteiger partial charge on any atom is 2.00 e. The molecule has 0 N–H and O–H groups in total. The van der Waals surface area contributed by atoms with Crippen molar-refractivity contribution in [1.82, 2.24) is 0 Å². The van der Waals surface area contributed by atoms with Crippen LogP contribution < -0.4 is 0 Å². The molecule has 1 nitrogen and oxygen atoms in total. The number of carbonyl (C=O) groups excluding carboxylic acids is 1. The number of ketones is 1. The van der Waals surface area contributed by atoms with Gasteiger partial charge in [-0.15, -0.1) is 18.4 Å². The Balaban J connectivity index is 0.000000325. The van der Waals surface area contributed by atoms with Crippen LogP contribution in [0, 0.1) is 12.2 Å². The molecule has 0 heterocycles. The van der Waals surface area contributed by atoms with Gasteiger partial charge in [0.05, 0.1) is 0 Å². The summed E-state index contributed by atoms with van der Waals surface area (Å²) >= 11 is 0. The molecule has 25 heavy (non-hydrogen) atoms. The third-order valence-electron chi connectivity index (χ3n) is 3.81. The Labute approximate surface area is 159 Å². The van der Waals surface area contributed by atoms with E-state index in [2.05, 4.69) is 36.4 Å². The molecule has 0 saturated heterocycles. The fourth-order valence-electron chi connectivity index (χ4n) is 2.57. The normalized spacial score (nSPS) is 14.3. The Morgan fingerprint density at radius 3 is 2.52 bits per heavy atom. The first-order valence-corrected chi connectivity index (χ1v) is 8.03. The molecule has 2 aliphatic carbocycles. The molecule has 0 bridgehead atoms. The van der Waals surface area contributed by atoms with Gasteiger partial charge in [-0.2, -0.15) is 12.2 Å². The summed E-state index contributed by atoms with van der Waals surface area (Å²) in [5.74, 6) is 0.0398. The molecule has 2 heteroatoms. The van der Waals surface area contributed by atoms with Gasteiger partial charge in [0.1, 0.15) is 5.78 Å². The first-order valence-electron chi connectivity index (χ1n) is 8.03. The molecule has 124 valence electrons. The predicted octanol–water partition coefficient (Wildman–Crippen LogP) is 5.41. The Hall–Kier alpha value is -2.41. The largest absolute Gasteiger partial charge is 2.00 e. The zero-order chi connectivity index (χ0) is 16.6. The number of hydrogen-bond donors (Lipinski definition) is 0. The van der Waals surface area contributed by atoms with E-state index >= 15 is 0 Å². The molecule has 2 aromatic carbocycles. The van der Waals surface area contributed by atoms with Crippen molar-refractivity contribution in [2.24, 2.45) is 0 Å². The zero-order valence-corrected chi connectivity index (χ0v) is 14.9. The Morgan fingerprint density at radius 1 is 1.00 bits per heavy atom. The van der Waals surface area contributed by atoms with Crippen molar-refractivity contribution in [3.8, 4) is 0 Å². The van der Waals surface area contributed by atoms with E-state index in [4.69, 9.17) is 0 Å². The third-order valence-corrected chi connectivity index (χ3v) is 3.81. The summed E-state index contributed by atoms with van der Waals surface area (Å²) in [6.07, 6.45) is 20.9. The van der Waals surface area contributed by atoms with Crippen LogP contribution in [-0.4, -0.2) is 5.78 Å². The van der Waals surface area contributed by atoms with Crippen molar-refractivity contribution < 1.29 is 21.9 Å². The molecule has 0 radical (unpaired) electrons. The number of allylic oxidation sites excluding steroid dienone is 9. The van der Waals surface area contributed by atoms with Crippen molar-refractivity contribution in [3.63, 3.8) is 0 Å². The van der Waals surface area contributed by atoms with Crippen LogP contribution in [0.5, 0.6) is 0 Å². The summed E-state index contributed by atoms with van der Waals surface area (Å²) in [5.41, 5.74) is 1.80. The van der Waals surface area contributed by atoms with Crippen LogP contribution in [0.1, 0.15) is 18.4 Å². The standard InChI is InChI=1S/C18H13O.C5H5.Fe/c19-18(16-7-1-2-8-16)13-12-15-10-5-9-14-6-3-4-11-17(14)15;1-2-4-5-3-1;/h3-13H,1H2;1-3H,4H2;/q2*-1;+2/b13-12+;;. The maximum atomic E-state index is 11.9. The van der Waals surface area contributed by atoms with Gasteiger partial charge in [-0.05, 0) is 22.4 Å². The zero-order valence-electron chi connectivity index (χ0n) is 13.8. The molecule has 0 fully saturated rings. The quantitative estimate of drug-likeness (QED) is 0.403. The smallest absolute Gasteiger partial charge is 0.311 e. The number of fused-ring (bicyclic) bond motifs is 1. The van der Waals surface area contributed by atoms with Crippen molar-refractivity contribution in [1.29, 1.82) is 0 Å². The van der Waals surface area contributed by atoms with Crippen molar-refractivity contribution in [2.45, 2.75) is 12.8 Å². The molecule has 0 aromatic heterocycles. The molecule has 0 atom stereocenters. The van der Waals surface area contributed by atoms with E-state index in [0.717, 1.165) is 29.4 Å². The van der Waals surface area contributed by atoms with Crippen LogP contribution in [-0.2, 0) is 21.9 Å². The van der Waals surface area contributed by atoms with Gasteiger partial charge < -0.3 is 4.79 Å². The molecule has 4 rings (SSSR count). The Morgan fingerprint density at radius 2 is 1.84 bits per heavy atom. The van der Waals surface area contributed by atoms with Gasteiger partial charge in [0, 0.05) is 0 Å². The molecule has 0 unspecified atom stereocenters. The molecule has 2 aliphatic rings. The first kappa shape index (κ1) is 18.9. The third kappa shape index (κ3) is 5.29. The van der Waals surface area contributed by atoms with Gasteiger partial charge in [-0.3, -0.25) is 12.2 Å². The topological polar surface area (TPSA) is 17.1 Å². The summed E-state index contributed by atoms with van der Waals surface area (Å²) in [6, 6.07) is 14.3. The minimum atomic E-state index is 0. The van der Waals surface area contributed by atoms with E-state index in [9.17, 15) is 4.79 Å². The molecule has 2 aromatic rings. The van der Waals surface area contributed by atoms with Crippen molar-refractivity contribution >= 4 is 22.6 Å². The van der Waals surface area contributed by atoms with E-state index in [1.807, 2.05) is 48.6 Å². The molecule has 0 aliphatic heterocycles. The fraction of sp³-hybridized carbons (Fsp3) is 0.0870. The number of rotatable bonds is 3. The van der Waals surface area contributed by atoms with Crippen molar-refractivity contribution in [3.05, 3.63) is 102 Å². The minimum absolute atomic E-state index is 0. The van der Waals surface area contributed by atoms with Gasteiger partial charge in [0.15, 0.2) is 0 Å². The molecule has 0 spiro atoms. The predicted molar refractivity (Wildman–Crippen MR) is 100 cm³/mol. The summed E-state index contributed by atoms with van der Waals surface area (Å²) in [7, 11) is 0. The van der Waals surface area contributed by atoms with E-state index in [0.29, 0.717) is 0 Å². The second kappa shape index (κ2) is 9.78. The number of carbonyl (C=O) groups is 1. The maximum absolute atomic E-state index is 11.9. The summed E-state index contributed by atoms with van der Waals surface area (Å²) in [4.78, 5) is 11.9. The number of benzene rings is 2. The van der Waals surface area contributed by atoms with Gasteiger partial charge in [0.2, 0.25) is 0 Å². The second-order valence-electron chi connectivity index (χ2n) is 5.48. The van der Waals surface area contributed by atoms with Crippen LogP contribution in [0.2, 0.25) is 0 Å². The average molecular weight is 366 g/mol. The summed E-state index contributed by atoms with van der Waals surface area (Å²) < 4.78 is 0. The van der Waals surface area contributed by atoms with Crippen LogP contribution in [0.15, 0.2) is 84.5 Å². The van der Waals surface area contributed by atoms with Gasteiger partial charge >= 0.3 is 17.1 Å². The van der Waals surface area contributed by atoms with Crippen molar-refractivity contribution in [2.75, 3.05) is 0 Å². The minimum Gasteiger partial charge on any atom is -0.311 e. The second-order valence-corrected chi connectivity index (χ2v) is 5.48. The van der Waals surface area contributed by atoms with Gasteiger partial charge in [-0.1, -0.05) is 48.5 Å². The Bertz CT molecular complexity index is 867. The molecule has 0 amide bonds. The number of hydrogen-bond acceptors (Lipinski definition) is 1. The van der Waals surface area contributed by atoms with E-state index in [1.165, 1.54) is 5.39 Å². The van der Waals surface area contributed by atoms with Crippen LogP contribution >= 0.6 is 0 Å². The fourth-order valence-corrected chi connectivity index (χ4v) is 2.57.